The predicted octanol–water partition coefficient (Wildman–Crippen LogP) is 5.61. The van der Waals surface area contributed by atoms with E-state index < -0.39 is 0 Å². The Labute approximate surface area is 180 Å². The minimum absolute atomic E-state index is 0.0524. The fourth-order valence-corrected chi connectivity index (χ4v) is 4.34. The second-order valence-corrected chi connectivity index (χ2v) is 8.29. The third-order valence-electron chi connectivity index (χ3n) is 5.25. The molecule has 1 aromatic carbocycles. The molecule has 0 aliphatic carbocycles. The fraction of sp³-hybridized carbons (Fsp3) is 0.250. The molecule has 0 saturated heterocycles. The van der Waals surface area contributed by atoms with Crippen LogP contribution >= 0.6 is 11.3 Å². The molecule has 4 rings (SSSR count). The maximum Gasteiger partial charge on any atom is 0.231 e. The van der Waals surface area contributed by atoms with Crippen molar-refractivity contribution in [3.8, 4) is 11.3 Å². The number of benzene rings is 1. The van der Waals surface area contributed by atoms with E-state index in [1.165, 1.54) is 16.9 Å². The van der Waals surface area contributed by atoms with Crippen molar-refractivity contribution in [1.82, 2.24) is 9.55 Å². The number of hydrogen-bond donors (Lipinski definition) is 1. The van der Waals surface area contributed by atoms with Crippen molar-refractivity contribution in [2.75, 3.05) is 5.32 Å². The number of thiazole rings is 1. The summed E-state index contributed by atoms with van der Waals surface area (Å²) in [5.41, 5.74) is 6.37. The first-order valence-corrected chi connectivity index (χ1v) is 10.9. The molecule has 0 unspecified atom stereocenters. The number of aryl methyl sites for hydroxylation is 2. The summed E-state index contributed by atoms with van der Waals surface area (Å²) < 4.78 is 7.72. The average molecular weight is 420 g/mol. The predicted molar refractivity (Wildman–Crippen MR) is 121 cm³/mol. The summed E-state index contributed by atoms with van der Waals surface area (Å²) >= 11 is 1.52. The maximum atomic E-state index is 12.4. The first kappa shape index (κ1) is 20.2. The van der Waals surface area contributed by atoms with E-state index >= 15 is 0 Å². The number of nitrogens with one attached hydrogen (secondary N) is 1. The number of nitrogens with zero attached hydrogens (tertiary/aromatic N) is 2. The summed E-state index contributed by atoms with van der Waals surface area (Å²) in [6.07, 6.45) is 2.95. The highest BCUT2D eigenvalue weighted by atomic mass is 32.1. The van der Waals surface area contributed by atoms with E-state index in [2.05, 4.69) is 36.7 Å². The Morgan fingerprint density at radius 2 is 2.00 bits per heavy atom. The molecule has 0 saturated carbocycles. The third kappa shape index (κ3) is 4.39. The van der Waals surface area contributed by atoms with Gasteiger partial charge < -0.3 is 14.3 Å². The molecule has 0 atom stereocenters. The number of carbonyl (C=O) groups is 1. The summed E-state index contributed by atoms with van der Waals surface area (Å²) in [6.45, 7) is 6.99. The van der Waals surface area contributed by atoms with Gasteiger partial charge in [0.15, 0.2) is 0 Å². The quantitative estimate of drug-likeness (QED) is 0.423. The van der Waals surface area contributed by atoms with Crippen LogP contribution in [0.4, 0.5) is 5.69 Å². The van der Waals surface area contributed by atoms with Crippen LogP contribution in [-0.2, 0) is 24.2 Å². The molecule has 3 aromatic heterocycles. The molecule has 4 aromatic rings. The van der Waals surface area contributed by atoms with Crippen LogP contribution < -0.4 is 5.32 Å². The van der Waals surface area contributed by atoms with Gasteiger partial charge in [0.1, 0.15) is 10.8 Å². The van der Waals surface area contributed by atoms with Crippen LogP contribution in [0.1, 0.15) is 34.6 Å². The Hall–Kier alpha value is -3.12. The first-order chi connectivity index (χ1) is 14.5. The monoisotopic (exact) mass is 419 g/mol. The van der Waals surface area contributed by atoms with E-state index in [1.807, 2.05) is 41.8 Å². The van der Waals surface area contributed by atoms with Crippen LogP contribution in [-0.4, -0.2) is 15.5 Å². The Morgan fingerprint density at radius 3 is 2.70 bits per heavy atom. The molecule has 0 fully saturated rings. The van der Waals surface area contributed by atoms with E-state index in [0.29, 0.717) is 6.54 Å². The van der Waals surface area contributed by atoms with Crippen molar-refractivity contribution in [2.24, 2.45) is 0 Å². The topological polar surface area (TPSA) is 60.1 Å². The van der Waals surface area contributed by atoms with Crippen LogP contribution in [0.25, 0.3) is 11.3 Å². The number of carbonyl (C=O) groups excluding carboxylic acids is 1. The molecule has 0 radical (unpaired) electrons. The van der Waals surface area contributed by atoms with Gasteiger partial charge in [0.25, 0.3) is 0 Å². The zero-order valence-electron chi connectivity index (χ0n) is 17.4. The lowest BCUT2D eigenvalue weighted by Crippen LogP contribution is -2.14. The van der Waals surface area contributed by atoms with Gasteiger partial charge in [-0.3, -0.25) is 4.79 Å². The van der Waals surface area contributed by atoms with Gasteiger partial charge >= 0.3 is 0 Å². The minimum atomic E-state index is -0.0524. The number of aromatic nitrogens is 2. The molecular formula is C24H25N3O2S. The summed E-state index contributed by atoms with van der Waals surface area (Å²) in [6, 6.07) is 14.0. The molecule has 0 aliphatic heterocycles. The molecule has 5 nitrogen and oxygen atoms in total. The van der Waals surface area contributed by atoms with Gasteiger partial charge in [-0.05, 0) is 56.2 Å². The van der Waals surface area contributed by atoms with Crippen LogP contribution in [0.5, 0.6) is 0 Å². The molecular weight excluding hydrogens is 394 g/mol. The normalized spacial score (nSPS) is 11.0. The molecule has 1 amide bonds. The van der Waals surface area contributed by atoms with Gasteiger partial charge in [-0.15, -0.1) is 11.3 Å². The Morgan fingerprint density at radius 1 is 1.20 bits per heavy atom. The zero-order chi connectivity index (χ0) is 21.1. The molecule has 1 N–H and O–H groups in total. The van der Waals surface area contributed by atoms with Gasteiger partial charge in [-0.1, -0.05) is 19.1 Å². The Balaban J connectivity index is 1.45. The van der Waals surface area contributed by atoms with Crippen LogP contribution in [0.3, 0.4) is 0 Å². The molecule has 0 aliphatic rings. The second-order valence-electron chi connectivity index (χ2n) is 7.35. The number of rotatable bonds is 7. The van der Waals surface area contributed by atoms with Crippen molar-refractivity contribution < 1.29 is 9.21 Å². The lowest BCUT2D eigenvalue weighted by atomic mass is 10.1. The highest BCUT2D eigenvalue weighted by Gasteiger charge is 2.16. The van der Waals surface area contributed by atoms with Crippen LogP contribution in [0, 0.1) is 13.8 Å². The lowest BCUT2D eigenvalue weighted by molar-refractivity contribution is -0.115. The van der Waals surface area contributed by atoms with Gasteiger partial charge in [-0.2, -0.15) is 0 Å². The second kappa shape index (κ2) is 8.71. The number of amides is 1. The van der Waals surface area contributed by atoms with Gasteiger partial charge in [0.05, 0.1) is 24.9 Å². The number of anilines is 1. The molecule has 6 heteroatoms. The van der Waals surface area contributed by atoms with Crippen molar-refractivity contribution in [3.63, 3.8) is 0 Å². The first-order valence-electron chi connectivity index (χ1n) is 10.1. The summed E-state index contributed by atoms with van der Waals surface area (Å²) in [5, 5.41) is 5.79. The van der Waals surface area contributed by atoms with E-state index in [0.717, 1.165) is 45.5 Å². The number of furan rings is 1. The van der Waals surface area contributed by atoms with Crippen molar-refractivity contribution in [1.29, 1.82) is 0 Å². The summed E-state index contributed by atoms with van der Waals surface area (Å²) in [7, 11) is 0. The summed E-state index contributed by atoms with van der Waals surface area (Å²) in [5.74, 6) is 0.870. The van der Waals surface area contributed by atoms with E-state index in [-0.39, 0.29) is 12.3 Å². The SMILES string of the molecule is CCc1ccc(NC(=O)Cc2nc(-c3cc(C)n(Cc4ccco4)c3C)cs2)cc1. The Bertz CT molecular complexity index is 1140. The zero-order valence-corrected chi connectivity index (χ0v) is 18.3. The lowest BCUT2D eigenvalue weighted by Gasteiger charge is -2.07. The highest BCUT2D eigenvalue weighted by Crippen LogP contribution is 2.29. The van der Waals surface area contributed by atoms with Crippen molar-refractivity contribution in [2.45, 2.75) is 40.2 Å². The van der Waals surface area contributed by atoms with Crippen molar-refractivity contribution in [3.05, 3.63) is 81.8 Å². The van der Waals surface area contributed by atoms with Crippen LogP contribution in [0.15, 0.2) is 58.5 Å². The summed E-state index contributed by atoms with van der Waals surface area (Å²) in [4.78, 5) is 17.1. The maximum absolute atomic E-state index is 12.4. The van der Waals surface area contributed by atoms with Crippen LogP contribution in [0.2, 0.25) is 0 Å². The smallest absolute Gasteiger partial charge is 0.231 e. The van der Waals surface area contributed by atoms with Gasteiger partial charge in [0, 0.05) is 28.0 Å². The largest absolute Gasteiger partial charge is 0.467 e. The molecule has 3 heterocycles. The fourth-order valence-electron chi connectivity index (χ4n) is 3.54. The molecule has 0 spiro atoms. The molecule has 0 bridgehead atoms. The molecule has 154 valence electrons. The number of hydrogen-bond acceptors (Lipinski definition) is 4. The van der Waals surface area contributed by atoms with E-state index in [1.54, 1.807) is 6.26 Å². The average Bonchev–Trinajstić information content (AvgIpc) is 3.47. The van der Waals surface area contributed by atoms with E-state index in [4.69, 9.17) is 9.40 Å². The van der Waals surface area contributed by atoms with E-state index in [9.17, 15) is 4.79 Å². The minimum Gasteiger partial charge on any atom is -0.467 e. The van der Waals surface area contributed by atoms with Gasteiger partial charge in [-0.25, -0.2) is 4.98 Å². The Kier molecular flexibility index (Phi) is 5.86. The highest BCUT2D eigenvalue weighted by molar-refractivity contribution is 7.10. The standard InChI is InChI=1S/C24H25N3O2S/c1-4-18-7-9-19(10-8-18)25-23(28)13-24-26-22(15-30-24)21-12-16(2)27(17(21)3)14-20-6-5-11-29-20/h5-12,15H,4,13-14H2,1-3H3,(H,25,28). The molecule has 30 heavy (non-hydrogen) atoms. The van der Waals surface area contributed by atoms with Gasteiger partial charge in [0.2, 0.25) is 5.91 Å². The van der Waals surface area contributed by atoms with Crippen molar-refractivity contribution >= 4 is 22.9 Å². The third-order valence-corrected chi connectivity index (χ3v) is 6.10.